The molecule has 214 valence electrons. The number of aromatic nitrogens is 1. The summed E-state index contributed by atoms with van der Waals surface area (Å²) in [6.45, 7) is 3.12. The lowest BCUT2D eigenvalue weighted by Gasteiger charge is -2.43. The van der Waals surface area contributed by atoms with Gasteiger partial charge in [0, 0.05) is 20.8 Å². The fourth-order valence-corrected chi connectivity index (χ4v) is 4.26. The number of para-hydroxylation sites is 1. The van der Waals surface area contributed by atoms with Gasteiger partial charge in [0.1, 0.15) is 11.9 Å². The fourth-order valence-electron chi connectivity index (χ4n) is 3.63. The van der Waals surface area contributed by atoms with Gasteiger partial charge in [-0.25, -0.2) is 9.78 Å². The maximum absolute atomic E-state index is 13.0. The van der Waals surface area contributed by atoms with Gasteiger partial charge in [-0.15, -0.1) is 0 Å². The van der Waals surface area contributed by atoms with Crippen molar-refractivity contribution in [3.05, 3.63) is 46.1 Å². The van der Waals surface area contributed by atoms with Crippen molar-refractivity contribution in [2.24, 2.45) is 0 Å². The van der Waals surface area contributed by atoms with Gasteiger partial charge in [-0.05, 0) is 23.5 Å². The topological polar surface area (TPSA) is 209 Å². The molecule has 1 N–H and O–H groups in total. The number of hydrogen-bond donors (Lipinski definition) is 1. The first-order valence-corrected chi connectivity index (χ1v) is 12.1. The Bertz CT molecular complexity index is 1310. The SMILES string of the molecule is COC(=O)[C@H]1O[C@H](Oc2ccccc2C(=O)Nc2ncc([N+](=O)[O-])s2)[C@H](OC(C)=O)[C@H](OC(C)=O)[C@@H]1OC(C)=O. The second kappa shape index (κ2) is 12.9. The number of hydrogen-bond acceptors (Lipinski definition) is 15. The summed E-state index contributed by atoms with van der Waals surface area (Å²) in [7, 11) is 1.04. The highest BCUT2D eigenvalue weighted by Gasteiger charge is 2.56. The van der Waals surface area contributed by atoms with E-state index in [0.29, 0.717) is 11.3 Å². The van der Waals surface area contributed by atoms with E-state index >= 15 is 0 Å². The standard InChI is InChI=1S/C23H23N3O13S/c1-10(27)35-16-17(36-11(2)28)19(37-12(3)29)22(39-18(16)21(31)34-4)38-14-8-6-5-7-13(14)20(30)25-23-24-9-15(40-23)26(32)33/h5-9,16-19,22H,1-4H3,(H,24,25,30)/t16-,17+,18-,19+,22-/m0/s1. The maximum atomic E-state index is 13.0. The lowest BCUT2D eigenvalue weighted by atomic mass is 9.97. The molecule has 0 spiro atoms. The molecule has 2 aromatic rings. The van der Waals surface area contributed by atoms with Crippen molar-refractivity contribution in [1.29, 1.82) is 0 Å². The van der Waals surface area contributed by atoms with Crippen molar-refractivity contribution in [3.63, 3.8) is 0 Å². The van der Waals surface area contributed by atoms with Crippen LogP contribution in [-0.4, -0.2) is 77.5 Å². The van der Waals surface area contributed by atoms with Gasteiger partial charge >= 0.3 is 28.9 Å². The van der Waals surface area contributed by atoms with Crippen LogP contribution >= 0.6 is 11.3 Å². The molecule has 0 saturated carbocycles. The molecule has 17 heteroatoms. The van der Waals surface area contributed by atoms with Crippen LogP contribution < -0.4 is 10.1 Å². The average molecular weight is 582 g/mol. The number of anilines is 1. The molecule has 5 atom stereocenters. The Kier molecular flexibility index (Phi) is 9.68. The van der Waals surface area contributed by atoms with Crippen LogP contribution in [0, 0.1) is 10.1 Å². The third kappa shape index (κ3) is 7.26. The lowest BCUT2D eigenvalue weighted by Crippen LogP contribution is -2.64. The number of esters is 4. The molecule has 0 aliphatic carbocycles. The van der Waals surface area contributed by atoms with Gasteiger partial charge in [-0.3, -0.25) is 34.6 Å². The summed E-state index contributed by atoms with van der Waals surface area (Å²) in [5.41, 5.74) is -0.105. The molecular formula is C23H23N3O13S. The van der Waals surface area contributed by atoms with E-state index in [4.69, 9.17) is 28.4 Å². The highest BCUT2D eigenvalue weighted by molar-refractivity contribution is 7.18. The van der Waals surface area contributed by atoms with Crippen molar-refractivity contribution >= 4 is 51.3 Å². The molecule has 16 nitrogen and oxygen atoms in total. The summed E-state index contributed by atoms with van der Waals surface area (Å²) in [6, 6.07) is 5.68. The van der Waals surface area contributed by atoms with E-state index in [2.05, 4.69) is 10.3 Å². The molecule has 1 amide bonds. The number of amides is 1. The molecular weight excluding hydrogens is 558 g/mol. The average Bonchev–Trinajstić information content (AvgIpc) is 3.35. The predicted molar refractivity (Wildman–Crippen MR) is 131 cm³/mol. The summed E-state index contributed by atoms with van der Waals surface area (Å²) in [5.74, 6) is -4.57. The number of nitro groups is 1. The number of nitrogens with zero attached hydrogens (tertiary/aromatic N) is 2. The molecule has 3 rings (SSSR count). The van der Waals surface area contributed by atoms with Gasteiger partial charge < -0.3 is 28.4 Å². The first-order valence-electron chi connectivity index (χ1n) is 11.3. The summed E-state index contributed by atoms with van der Waals surface area (Å²) in [6.07, 6.45) is -7.21. The Morgan fingerprint density at radius 1 is 0.975 bits per heavy atom. The van der Waals surface area contributed by atoms with E-state index in [9.17, 15) is 34.1 Å². The van der Waals surface area contributed by atoms with Crippen LogP contribution in [0.5, 0.6) is 5.75 Å². The molecule has 0 unspecified atom stereocenters. The number of thiazole rings is 1. The Morgan fingerprint density at radius 2 is 1.57 bits per heavy atom. The van der Waals surface area contributed by atoms with Gasteiger partial charge in [0.2, 0.25) is 12.4 Å². The molecule has 1 fully saturated rings. The highest BCUT2D eigenvalue weighted by Crippen LogP contribution is 2.33. The van der Waals surface area contributed by atoms with Crippen molar-refractivity contribution in [2.75, 3.05) is 12.4 Å². The Morgan fingerprint density at radius 3 is 2.15 bits per heavy atom. The largest absolute Gasteiger partial charge is 0.467 e. The Balaban J connectivity index is 1.99. The quantitative estimate of drug-likeness (QED) is 0.192. The second-order valence-electron chi connectivity index (χ2n) is 8.00. The number of nitrogens with one attached hydrogen (secondary N) is 1. The summed E-state index contributed by atoms with van der Waals surface area (Å²) < 4.78 is 32.1. The molecule has 1 aromatic carbocycles. The first-order chi connectivity index (χ1) is 18.9. The highest BCUT2D eigenvalue weighted by atomic mass is 32.1. The van der Waals surface area contributed by atoms with Crippen LogP contribution in [0.2, 0.25) is 0 Å². The monoisotopic (exact) mass is 581 g/mol. The molecule has 1 aliphatic rings. The number of methoxy groups -OCH3 is 1. The molecule has 0 bridgehead atoms. The molecule has 40 heavy (non-hydrogen) atoms. The van der Waals surface area contributed by atoms with Crippen molar-refractivity contribution in [2.45, 2.75) is 51.5 Å². The number of ether oxygens (including phenoxy) is 6. The number of carbonyl (C=O) groups excluding carboxylic acids is 5. The van der Waals surface area contributed by atoms with Gasteiger partial charge in [0.25, 0.3) is 5.91 Å². The van der Waals surface area contributed by atoms with E-state index in [1.165, 1.54) is 24.3 Å². The van der Waals surface area contributed by atoms with Crippen LogP contribution in [0.15, 0.2) is 30.5 Å². The molecule has 1 aromatic heterocycles. The van der Waals surface area contributed by atoms with Crippen LogP contribution in [0.1, 0.15) is 31.1 Å². The van der Waals surface area contributed by atoms with E-state index in [-0.39, 0.29) is 21.4 Å². The molecule has 1 aliphatic heterocycles. The Hall–Kier alpha value is -4.64. The normalized spacial score (nSPS) is 21.9. The van der Waals surface area contributed by atoms with Crippen LogP contribution in [-0.2, 0) is 42.9 Å². The minimum atomic E-state index is -1.70. The summed E-state index contributed by atoms with van der Waals surface area (Å²) >= 11 is 0.623. The van der Waals surface area contributed by atoms with Gasteiger partial charge in [-0.2, -0.15) is 0 Å². The lowest BCUT2D eigenvalue weighted by molar-refractivity contribution is -0.380. The molecule has 2 heterocycles. The van der Waals surface area contributed by atoms with Gasteiger partial charge in [-0.1, -0.05) is 12.1 Å². The van der Waals surface area contributed by atoms with E-state index in [1.807, 2.05) is 0 Å². The van der Waals surface area contributed by atoms with Crippen LogP contribution in [0.25, 0.3) is 0 Å². The number of benzene rings is 1. The van der Waals surface area contributed by atoms with Crippen molar-refractivity contribution in [1.82, 2.24) is 4.98 Å². The minimum absolute atomic E-state index is 0.0666. The van der Waals surface area contributed by atoms with Crippen LogP contribution in [0.4, 0.5) is 10.1 Å². The Labute approximate surface area is 229 Å². The summed E-state index contributed by atoms with van der Waals surface area (Å²) in [5, 5.41) is 13.0. The van der Waals surface area contributed by atoms with Gasteiger partial charge in [0.15, 0.2) is 23.4 Å². The first kappa shape index (κ1) is 29.9. The smallest absolute Gasteiger partial charge is 0.345 e. The zero-order chi connectivity index (χ0) is 29.6. The maximum Gasteiger partial charge on any atom is 0.345 e. The minimum Gasteiger partial charge on any atom is -0.467 e. The second-order valence-corrected chi connectivity index (χ2v) is 9.01. The molecule has 1 saturated heterocycles. The number of carbonyl (C=O) groups is 5. The summed E-state index contributed by atoms with van der Waals surface area (Å²) in [4.78, 5) is 75.4. The van der Waals surface area contributed by atoms with E-state index in [1.54, 1.807) is 0 Å². The van der Waals surface area contributed by atoms with Gasteiger partial charge in [0.05, 0.1) is 17.6 Å². The van der Waals surface area contributed by atoms with Crippen LogP contribution in [0.3, 0.4) is 0 Å². The van der Waals surface area contributed by atoms with Crippen molar-refractivity contribution in [3.8, 4) is 5.75 Å². The number of rotatable bonds is 9. The fraction of sp³-hybridized carbons (Fsp3) is 0.391. The van der Waals surface area contributed by atoms with Crippen molar-refractivity contribution < 1.29 is 57.3 Å². The third-order valence-corrected chi connectivity index (χ3v) is 5.97. The van der Waals surface area contributed by atoms with E-state index < -0.39 is 65.4 Å². The predicted octanol–water partition coefficient (Wildman–Crippen LogP) is 1.38. The zero-order valence-electron chi connectivity index (χ0n) is 21.4. The zero-order valence-corrected chi connectivity index (χ0v) is 22.2. The molecule has 0 radical (unpaired) electrons. The third-order valence-electron chi connectivity index (χ3n) is 5.10. The van der Waals surface area contributed by atoms with E-state index in [0.717, 1.165) is 34.1 Å².